The standard InChI is InChI=1S/C35H53N5O5S/c1-20(2)25(19-46-18-22-12-9-8-10-13-22)38-33(45)39-29(34(3,4)5)32(44)40-17-23-26(35(23,6)7)27(40)31(43)37-24(28(41)30(36)42)16-21-14-11-15-21/h8-10,12-13,20-21,23-27,29H,11,14-19H2,1-7H3,(H2,36,42)(H,37,43)(H2,38,39,45)/t23-,24?,25+,26-,27-,29+/m0/s1. The van der Waals surface area contributed by atoms with Gasteiger partial charge in [-0.2, -0.15) is 11.8 Å². The maximum Gasteiger partial charge on any atom is 0.315 e. The Morgan fingerprint density at radius 3 is 2.22 bits per heavy atom. The van der Waals surface area contributed by atoms with Crippen LogP contribution in [-0.4, -0.2) is 70.9 Å². The van der Waals surface area contributed by atoms with Gasteiger partial charge in [-0.25, -0.2) is 4.79 Å². The summed E-state index contributed by atoms with van der Waals surface area (Å²) in [5, 5.41) is 8.87. The van der Waals surface area contributed by atoms with Crippen LogP contribution < -0.4 is 21.7 Å². The summed E-state index contributed by atoms with van der Waals surface area (Å²) in [6, 6.07) is 6.92. The third kappa shape index (κ3) is 8.25. The zero-order valence-corrected chi connectivity index (χ0v) is 29.2. The Morgan fingerprint density at radius 1 is 1.02 bits per heavy atom. The van der Waals surface area contributed by atoms with Crippen molar-refractivity contribution in [3.63, 3.8) is 0 Å². The van der Waals surface area contributed by atoms with Gasteiger partial charge in [-0.1, -0.05) is 98.1 Å². The number of piperidine rings is 1. The molecule has 1 aromatic carbocycles. The lowest BCUT2D eigenvalue weighted by Crippen LogP contribution is -2.62. The van der Waals surface area contributed by atoms with Crippen molar-refractivity contribution in [1.29, 1.82) is 0 Å². The fourth-order valence-corrected chi connectivity index (χ4v) is 8.24. The normalized spacial score (nSPS) is 23.8. The smallest absolute Gasteiger partial charge is 0.315 e. The number of amides is 5. The molecule has 5 amide bonds. The van der Waals surface area contributed by atoms with Crippen molar-refractivity contribution < 1.29 is 24.0 Å². The maximum absolute atomic E-state index is 14.3. The number of carbonyl (C=O) groups is 5. The molecule has 3 aliphatic rings. The number of rotatable bonds is 14. The Kier molecular flexibility index (Phi) is 11.2. The van der Waals surface area contributed by atoms with E-state index in [1.807, 2.05) is 39.0 Å². The minimum Gasteiger partial charge on any atom is -0.363 e. The van der Waals surface area contributed by atoms with Gasteiger partial charge < -0.3 is 26.6 Å². The summed E-state index contributed by atoms with van der Waals surface area (Å²) in [7, 11) is 0. The molecule has 5 N–H and O–H groups in total. The molecule has 2 aliphatic carbocycles. The van der Waals surface area contributed by atoms with E-state index in [2.05, 4.69) is 55.8 Å². The number of primary amides is 1. The second-order valence-corrected chi connectivity index (χ2v) is 16.5. The Bertz CT molecular complexity index is 1290. The first-order chi connectivity index (χ1) is 21.5. The highest BCUT2D eigenvalue weighted by Gasteiger charge is 2.70. The van der Waals surface area contributed by atoms with Gasteiger partial charge in [-0.15, -0.1) is 0 Å². The van der Waals surface area contributed by atoms with Gasteiger partial charge in [0.1, 0.15) is 12.1 Å². The second kappa shape index (κ2) is 14.4. The molecule has 1 aliphatic heterocycles. The van der Waals surface area contributed by atoms with E-state index in [-0.39, 0.29) is 41.0 Å². The number of likely N-dealkylation sites (tertiary alicyclic amines) is 1. The van der Waals surface area contributed by atoms with E-state index in [1.165, 1.54) is 5.56 Å². The van der Waals surface area contributed by atoms with Crippen LogP contribution in [0.3, 0.4) is 0 Å². The molecule has 2 saturated carbocycles. The molecular formula is C35H53N5O5S. The van der Waals surface area contributed by atoms with E-state index in [0.717, 1.165) is 25.0 Å². The molecule has 46 heavy (non-hydrogen) atoms. The van der Waals surface area contributed by atoms with E-state index in [1.54, 1.807) is 16.7 Å². The number of carbonyl (C=O) groups excluding carboxylic acids is 5. The third-order valence-electron chi connectivity index (χ3n) is 10.3. The molecule has 6 atom stereocenters. The molecule has 1 heterocycles. The summed E-state index contributed by atoms with van der Waals surface area (Å²) in [5.41, 5.74) is 5.76. The Labute approximate surface area is 278 Å². The average Bonchev–Trinajstić information content (AvgIpc) is 3.27. The maximum atomic E-state index is 14.3. The average molecular weight is 656 g/mol. The first kappa shape index (κ1) is 35.8. The molecule has 11 heteroatoms. The molecule has 1 saturated heterocycles. The summed E-state index contributed by atoms with van der Waals surface area (Å²) in [5.74, 6) is -0.664. The lowest BCUT2D eigenvalue weighted by atomic mass is 9.80. The van der Waals surface area contributed by atoms with Crippen molar-refractivity contribution in [2.75, 3.05) is 12.3 Å². The van der Waals surface area contributed by atoms with E-state index < -0.39 is 47.2 Å². The fourth-order valence-electron chi connectivity index (χ4n) is 6.97. The molecule has 0 spiro atoms. The second-order valence-electron chi connectivity index (χ2n) is 15.5. The summed E-state index contributed by atoms with van der Waals surface area (Å²) < 4.78 is 0. The van der Waals surface area contributed by atoms with Crippen LogP contribution in [0.4, 0.5) is 4.79 Å². The van der Waals surface area contributed by atoms with Gasteiger partial charge in [0.05, 0.1) is 6.04 Å². The number of ketones is 1. The monoisotopic (exact) mass is 655 g/mol. The number of nitrogens with two attached hydrogens (primary N) is 1. The molecule has 4 rings (SSSR count). The van der Waals surface area contributed by atoms with Crippen LogP contribution in [0.1, 0.15) is 79.7 Å². The van der Waals surface area contributed by atoms with Gasteiger partial charge in [0.25, 0.3) is 5.91 Å². The van der Waals surface area contributed by atoms with Crippen LogP contribution in [0.2, 0.25) is 0 Å². The van der Waals surface area contributed by atoms with E-state index in [9.17, 15) is 24.0 Å². The highest BCUT2D eigenvalue weighted by Crippen LogP contribution is 2.65. The summed E-state index contributed by atoms with van der Waals surface area (Å²) in [6.07, 6.45) is 3.29. The summed E-state index contributed by atoms with van der Waals surface area (Å²) in [4.78, 5) is 67.7. The van der Waals surface area contributed by atoms with Crippen LogP contribution >= 0.6 is 11.8 Å². The van der Waals surface area contributed by atoms with Crippen molar-refractivity contribution >= 4 is 41.3 Å². The first-order valence-corrected chi connectivity index (χ1v) is 17.8. The van der Waals surface area contributed by atoms with Gasteiger partial charge in [0.15, 0.2) is 0 Å². The number of fused-ring (bicyclic) bond motifs is 1. The molecule has 3 fully saturated rings. The van der Waals surface area contributed by atoms with E-state index >= 15 is 0 Å². The molecular weight excluding hydrogens is 602 g/mol. The first-order valence-electron chi connectivity index (χ1n) is 16.7. The summed E-state index contributed by atoms with van der Waals surface area (Å²) >= 11 is 1.75. The van der Waals surface area contributed by atoms with Crippen LogP contribution in [0, 0.1) is 34.5 Å². The van der Waals surface area contributed by atoms with Crippen molar-refractivity contribution in [1.82, 2.24) is 20.9 Å². The fraction of sp³-hybridized carbons (Fsp3) is 0.686. The molecule has 0 bridgehead atoms. The Morgan fingerprint density at radius 2 is 1.67 bits per heavy atom. The van der Waals surface area contributed by atoms with Crippen molar-refractivity contribution in [2.45, 2.75) is 104 Å². The van der Waals surface area contributed by atoms with Crippen molar-refractivity contribution in [3.8, 4) is 0 Å². The highest BCUT2D eigenvalue weighted by molar-refractivity contribution is 7.98. The number of hydrogen-bond donors (Lipinski definition) is 4. The van der Waals surface area contributed by atoms with Crippen molar-refractivity contribution in [3.05, 3.63) is 35.9 Å². The SMILES string of the molecule is CC(C)[C@@H](CSCc1ccccc1)NC(=O)N[C@H](C(=O)N1C[C@H]2[C@@H]([C@H]1C(=O)NC(CC1CCC1)C(=O)C(N)=O)C2(C)C)C(C)(C)C. The number of benzene rings is 1. The lowest BCUT2D eigenvalue weighted by molar-refractivity contribution is -0.145. The van der Waals surface area contributed by atoms with Gasteiger partial charge in [-0.05, 0) is 46.5 Å². The minimum absolute atomic E-state index is 0.0918. The summed E-state index contributed by atoms with van der Waals surface area (Å²) in [6.45, 7) is 14.3. The van der Waals surface area contributed by atoms with E-state index in [4.69, 9.17) is 5.73 Å². The molecule has 10 nitrogen and oxygen atoms in total. The molecule has 1 aromatic rings. The number of urea groups is 1. The van der Waals surface area contributed by atoms with Crippen LogP contribution in [-0.2, 0) is 24.9 Å². The van der Waals surface area contributed by atoms with Gasteiger partial charge in [0.2, 0.25) is 17.6 Å². The van der Waals surface area contributed by atoms with Crippen LogP contribution in [0.15, 0.2) is 30.3 Å². The number of nitrogens with one attached hydrogen (secondary N) is 3. The van der Waals surface area contributed by atoms with Gasteiger partial charge >= 0.3 is 6.03 Å². The number of hydrogen-bond acceptors (Lipinski definition) is 6. The van der Waals surface area contributed by atoms with Crippen LogP contribution in [0.25, 0.3) is 0 Å². The van der Waals surface area contributed by atoms with E-state index in [0.29, 0.717) is 18.7 Å². The molecule has 254 valence electrons. The quantitative estimate of drug-likeness (QED) is 0.224. The van der Waals surface area contributed by atoms with Gasteiger partial charge in [0, 0.05) is 24.1 Å². The largest absolute Gasteiger partial charge is 0.363 e. The Hall–Kier alpha value is -3.08. The zero-order chi connectivity index (χ0) is 34.0. The molecule has 1 unspecified atom stereocenters. The highest BCUT2D eigenvalue weighted by atomic mass is 32.2. The number of Topliss-reactive ketones (excluding diaryl/α,β-unsaturated/α-hetero) is 1. The topological polar surface area (TPSA) is 151 Å². The predicted octanol–water partition coefficient (Wildman–Crippen LogP) is 3.87. The van der Waals surface area contributed by atoms with Gasteiger partial charge in [-0.3, -0.25) is 19.2 Å². The number of thioether (sulfide) groups is 1. The van der Waals surface area contributed by atoms with Crippen LogP contribution in [0.5, 0.6) is 0 Å². The number of nitrogens with zero attached hydrogens (tertiary/aromatic N) is 1. The van der Waals surface area contributed by atoms with Crippen molar-refractivity contribution in [2.24, 2.45) is 40.2 Å². The zero-order valence-electron chi connectivity index (χ0n) is 28.4. The predicted molar refractivity (Wildman–Crippen MR) is 180 cm³/mol. The molecule has 0 aromatic heterocycles. The third-order valence-corrected chi connectivity index (χ3v) is 11.5. The molecule has 0 radical (unpaired) electrons. The lowest BCUT2D eigenvalue weighted by Gasteiger charge is -2.38. The minimum atomic E-state index is -1.07. The Balaban J connectivity index is 1.46.